The zero-order valence-electron chi connectivity index (χ0n) is 19.1. The molecule has 1 aromatic carbocycles. The predicted molar refractivity (Wildman–Crippen MR) is 122 cm³/mol. The van der Waals surface area contributed by atoms with E-state index < -0.39 is 16.1 Å². The van der Waals surface area contributed by atoms with Crippen LogP contribution in [0.2, 0.25) is 0 Å². The molecule has 2 saturated heterocycles. The van der Waals surface area contributed by atoms with Crippen molar-refractivity contribution in [1.29, 1.82) is 0 Å². The Labute approximate surface area is 194 Å². The number of ether oxygens (including phenoxy) is 2. The molecule has 4 rings (SSSR count). The molecule has 33 heavy (non-hydrogen) atoms. The second kappa shape index (κ2) is 9.96. The van der Waals surface area contributed by atoms with Crippen LogP contribution in [0.15, 0.2) is 17.0 Å². The van der Waals surface area contributed by atoms with Gasteiger partial charge < -0.3 is 20.1 Å². The highest BCUT2D eigenvalue weighted by atomic mass is 32.2. The minimum atomic E-state index is -3.82. The Balaban J connectivity index is 1.41. The van der Waals surface area contributed by atoms with Crippen LogP contribution in [0.25, 0.3) is 0 Å². The van der Waals surface area contributed by atoms with Crippen molar-refractivity contribution in [2.75, 3.05) is 57.8 Å². The van der Waals surface area contributed by atoms with E-state index >= 15 is 0 Å². The molecule has 11 heteroatoms. The molecular weight excluding hydrogens is 448 g/mol. The molecule has 3 aliphatic heterocycles. The molecule has 2 fully saturated rings. The van der Waals surface area contributed by atoms with E-state index in [2.05, 4.69) is 15.5 Å². The molecule has 1 aromatic rings. The number of morpholine rings is 1. The van der Waals surface area contributed by atoms with E-state index in [1.54, 1.807) is 19.9 Å². The van der Waals surface area contributed by atoms with Crippen molar-refractivity contribution < 1.29 is 27.5 Å². The van der Waals surface area contributed by atoms with Crippen molar-refractivity contribution in [3.63, 3.8) is 0 Å². The van der Waals surface area contributed by atoms with E-state index in [0.717, 1.165) is 19.6 Å². The fourth-order valence-electron chi connectivity index (χ4n) is 4.44. The average molecular weight is 481 g/mol. The fourth-order valence-corrected chi connectivity index (χ4v) is 6.19. The number of piperidine rings is 1. The summed E-state index contributed by atoms with van der Waals surface area (Å²) < 4.78 is 39.3. The molecule has 0 aromatic heterocycles. The first-order chi connectivity index (χ1) is 15.8. The van der Waals surface area contributed by atoms with Crippen molar-refractivity contribution in [3.05, 3.63) is 17.7 Å². The molecule has 3 aliphatic rings. The maximum Gasteiger partial charge on any atom is 0.265 e. The third kappa shape index (κ3) is 5.32. The first-order valence-corrected chi connectivity index (χ1v) is 12.9. The van der Waals surface area contributed by atoms with Crippen molar-refractivity contribution in [3.8, 4) is 5.75 Å². The summed E-state index contributed by atoms with van der Waals surface area (Å²) in [5.41, 5.74) is 0.981. The Morgan fingerprint density at radius 3 is 2.76 bits per heavy atom. The van der Waals surface area contributed by atoms with Gasteiger partial charge in [-0.2, -0.15) is 4.31 Å². The van der Waals surface area contributed by atoms with Gasteiger partial charge in [0.25, 0.3) is 5.91 Å². The van der Waals surface area contributed by atoms with Gasteiger partial charge in [-0.05, 0) is 38.3 Å². The lowest BCUT2D eigenvalue weighted by molar-refractivity contribution is -0.126. The maximum absolute atomic E-state index is 13.5. The molecule has 2 amide bonds. The second-order valence-corrected chi connectivity index (χ2v) is 10.7. The number of nitrogens with one attached hydrogen (secondary N) is 2. The van der Waals surface area contributed by atoms with Crippen LogP contribution in [0, 0.1) is 12.8 Å². The van der Waals surface area contributed by atoms with Crippen LogP contribution in [-0.4, -0.2) is 88.0 Å². The SMILES string of the molecule is Cc1cc2c(cc1S(=O)(=O)N1CCC[C@@H](C(=O)NCCN3CCOCC3)C1)O[C@@H](C)C(=O)N2. The van der Waals surface area contributed by atoms with Crippen LogP contribution >= 0.6 is 0 Å². The van der Waals surface area contributed by atoms with Gasteiger partial charge in [0.05, 0.1) is 29.7 Å². The number of rotatable bonds is 6. The van der Waals surface area contributed by atoms with Gasteiger partial charge in [-0.15, -0.1) is 0 Å². The van der Waals surface area contributed by atoms with Crippen LogP contribution in [0.4, 0.5) is 5.69 Å². The Hall–Kier alpha value is -2.21. The summed E-state index contributed by atoms with van der Waals surface area (Å²) in [5, 5.41) is 5.71. The van der Waals surface area contributed by atoms with E-state index in [4.69, 9.17) is 9.47 Å². The average Bonchev–Trinajstić information content (AvgIpc) is 2.80. The summed E-state index contributed by atoms with van der Waals surface area (Å²) in [5.74, 6) is -0.423. The third-order valence-electron chi connectivity index (χ3n) is 6.41. The van der Waals surface area contributed by atoms with Gasteiger partial charge in [0, 0.05) is 45.3 Å². The van der Waals surface area contributed by atoms with Gasteiger partial charge in [0.1, 0.15) is 5.75 Å². The van der Waals surface area contributed by atoms with Crippen molar-refractivity contribution in [2.24, 2.45) is 5.92 Å². The summed E-state index contributed by atoms with van der Waals surface area (Å²) in [6, 6.07) is 3.09. The van der Waals surface area contributed by atoms with E-state index in [9.17, 15) is 18.0 Å². The highest BCUT2D eigenvalue weighted by molar-refractivity contribution is 7.89. The molecule has 182 valence electrons. The number of benzene rings is 1. The molecule has 0 spiro atoms. The predicted octanol–water partition coefficient (Wildman–Crippen LogP) is 0.564. The zero-order valence-corrected chi connectivity index (χ0v) is 19.9. The quantitative estimate of drug-likeness (QED) is 0.611. The third-order valence-corrected chi connectivity index (χ3v) is 8.42. The summed E-state index contributed by atoms with van der Waals surface area (Å²) in [4.78, 5) is 27.0. The van der Waals surface area contributed by atoms with Crippen molar-refractivity contribution >= 4 is 27.5 Å². The minimum absolute atomic E-state index is 0.106. The number of aryl methyl sites for hydroxylation is 1. The summed E-state index contributed by atoms with van der Waals surface area (Å²) in [7, 11) is -3.82. The number of hydrogen-bond acceptors (Lipinski definition) is 7. The Bertz CT molecular complexity index is 1010. The van der Waals surface area contributed by atoms with E-state index in [1.807, 2.05) is 0 Å². The molecule has 2 atom stereocenters. The van der Waals surface area contributed by atoms with Gasteiger partial charge in [0.15, 0.2) is 6.10 Å². The fraction of sp³-hybridized carbons (Fsp3) is 0.636. The Morgan fingerprint density at radius 2 is 2.00 bits per heavy atom. The molecule has 0 bridgehead atoms. The summed E-state index contributed by atoms with van der Waals surface area (Å²) in [6.45, 7) is 8.25. The first-order valence-electron chi connectivity index (χ1n) is 11.5. The van der Waals surface area contributed by atoms with Crippen LogP contribution in [0.5, 0.6) is 5.75 Å². The molecule has 3 heterocycles. The number of anilines is 1. The van der Waals surface area contributed by atoms with Crippen LogP contribution < -0.4 is 15.4 Å². The highest BCUT2D eigenvalue weighted by Crippen LogP contribution is 2.36. The number of carbonyl (C=O) groups is 2. The number of sulfonamides is 1. The van der Waals surface area contributed by atoms with Gasteiger partial charge in [0.2, 0.25) is 15.9 Å². The van der Waals surface area contributed by atoms with Gasteiger partial charge in [-0.25, -0.2) is 8.42 Å². The molecular formula is C22H32N4O6S. The lowest BCUT2D eigenvalue weighted by atomic mass is 9.99. The van der Waals surface area contributed by atoms with Gasteiger partial charge >= 0.3 is 0 Å². The standard InChI is InChI=1S/C22H32N4O6S/c1-15-12-18-19(32-16(2)21(27)24-18)13-20(15)33(29,30)26-6-3-4-17(14-26)22(28)23-5-7-25-8-10-31-11-9-25/h12-13,16-17H,3-11,14H2,1-2H3,(H,23,28)(H,24,27)/t16-,17+/m0/s1. The van der Waals surface area contributed by atoms with E-state index in [0.29, 0.717) is 56.1 Å². The van der Waals surface area contributed by atoms with Crippen LogP contribution in [0.1, 0.15) is 25.3 Å². The normalized spacial score (nSPS) is 24.5. The molecule has 0 unspecified atom stereocenters. The number of nitrogens with zero attached hydrogens (tertiary/aromatic N) is 2. The number of hydrogen-bond donors (Lipinski definition) is 2. The largest absolute Gasteiger partial charge is 0.479 e. The van der Waals surface area contributed by atoms with Crippen LogP contribution in [-0.2, 0) is 24.3 Å². The molecule has 0 aliphatic carbocycles. The second-order valence-electron chi connectivity index (χ2n) is 8.81. The van der Waals surface area contributed by atoms with Crippen molar-refractivity contribution in [2.45, 2.75) is 37.7 Å². The topological polar surface area (TPSA) is 117 Å². The zero-order chi connectivity index (χ0) is 23.6. The first kappa shape index (κ1) is 23.9. The Kier molecular flexibility index (Phi) is 7.22. The molecule has 0 saturated carbocycles. The summed E-state index contributed by atoms with van der Waals surface area (Å²) in [6.07, 6.45) is 0.579. The lowest BCUT2D eigenvalue weighted by Gasteiger charge is -2.32. The lowest BCUT2D eigenvalue weighted by Crippen LogP contribution is -2.47. The molecule has 2 N–H and O–H groups in total. The number of carbonyl (C=O) groups excluding carboxylic acids is 2. The number of amides is 2. The van der Waals surface area contributed by atoms with E-state index in [-0.39, 0.29) is 29.2 Å². The van der Waals surface area contributed by atoms with Gasteiger partial charge in [-0.3, -0.25) is 14.5 Å². The van der Waals surface area contributed by atoms with E-state index in [1.165, 1.54) is 10.4 Å². The number of fused-ring (bicyclic) bond motifs is 1. The monoisotopic (exact) mass is 480 g/mol. The summed E-state index contributed by atoms with van der Waals surface area (Å²) >= 11 is 0. The van der Waals surface area contributed by atoms with Crippen LogP contribution in [0.3, 0.4) is 0 Å². The maximum atomic E-state index is 13.5. The van der Waals surface area contributed by atoms with Crippen molar-refractivity contribution in [1.82, 2.24) is 14.5 Å². The molecule has 10 nitrogen and oxygen atoms in total. The molecule has 0 radical (unpaired) electrons. The smallest absolute Gasteiger partial charge is 0.265 e. The minimum Gasteiger partial charge on any atom is -0.479 e. The highest BCUT2D eigenvalue weighted by Gasteiger charge is 2.35. The van der Waals surface area contributed by atoms with Gasteiger partial charge in [-0.1, -0.05) is 0 Å². The Morgan fingerprint density at radius 1 is 1.24 bits per heavy atom.